The zero-order chi connectivity index (χ0) is 7.15. The van der Waals surface area contributed by atoms with Crippen LogP contribution in [0.4, 0.5) is 0 Å². The van der Waals surface area contributed by atoms with Crippen molar-refractivity contribution in [1.29, 1.82) is 0 Å². The maximum atomic E-state index is 10.7. The molecular formula is C6H7O4+. The van der Waals surface area contributed by atoms with Crippen LogP contribution in [0.1, 0.15) is 6.42 Å². The molecule has 0 aromatic rings. The van der Waals surface area contributed by atoms with E-state index >= 15 is 0 Å². The zero-order valence-electron chi connectivity index (χ0n) is 5.20. The Morgan fingerprint density at radius 3 is 2.60 bits per heavy atom. The van der Waals surface area contributed by atoms with Gasteiger partial charge in [0.25, 0.3) is 0 Å². The predicted molar refractivity (Wildman–Crippen MR) is 29.3 cm³/mol. The smallest absolute Gasteiger partial charge is 0.521 e. The summed E-state index contributed by atoms with van der Waals surface area (Å²) < 4.78 is 2.36. The molecule has 10 heavy (non-hydrogen) atoms. The molecule has 3 atom stereocenters. The molecular weight excluding hydrogens is 136 g/mol. The fourth-order valence-corrected chi connectivity index (χ4v) is 2.08. The van der Waals surface area contributed by atoms with Crippen molar-refractivity contribution in [2.75, 3.05) is 6.61 Å². The first-order valence-corrected chi connectivity index (χ1v) is 3.28. The average Bonchev–Trinajstić information content (AvgIpc) is 2.75. The first kappa shape index (κ1) is 5.09. The molecule has 1 saturated heterocycles. The minimum absolute atomic E-state index is 0.243. The Kier molecular flexibility index (Phi) is 0.466. The molecule has 3 aliphatic rings. The lowest BCUT2D eigenvalue weighted by molar-refractivity contribution is -0.221. The van der Waals surface area contributed by atoms with E-state index in [0.717, 1.165) is 6.42 Å². The molecule has 2 unspecified atom stereocenters. The summed E-state index contributed by atoms with van der Waals surface area (Å²) in [6, 6.07) is 0. The highest BCUT2D eigenvalue weighted by Gasteiger charge is 3.22. The topological polar surface area (TPSA) is 60.2 Å². The summed E-state index contributed by atoms with van der Waals surface area (Å²) in [7, 11) is 0. The van der Waals surface area contributed by atoms with Crippen molar-refractivity contribution in [3.05, 3.63) is 0 Å². The van der Waals surface area contributed by atoms with Gasteiger partial charge in [-0.15, -0.1) is 0 Å². The number of epoxide rings is 1. The number of carbonyl (C=O) groups is 1. The summed E-state index contributed by atoms with van der Waals surface area (Å²) in [5, 5.41) is 17.4. The van der Waals surface area contributed by atoms with E-state index in [1.165, 1.54) is 0 Å². The molecule has 2 saturated carbocycles. The summed E-state index contributed by atoms with van der Waals surface area (Å²) in [6.07, 6.45) is 0.609. The van der Waals surface area contributed by atoms with Crippen molar-refractivity contribution < 1.29 is 19.4 Å². The largest absolute Gasteiger partial charge is 0.545 e. The van der Waals surface area contributed by atoms with Gasteiger partial charge in [-0.1, -0.05) is 0 Å². The Labute approximate surface area is 56.7 Å². The number of carbonyl (C=O) groups excluding carboxylic acids is 1. The van der Waals surface area contributed by atoms with Gasteiger partial charge in [0, 0.05) is 4.79 Å². The van der Waals surface area contributed by atoms with Gasteiger partial charge >= 0.3 is 5.97 Å². The minimum Gasteiger partial charge on any atom is -0.521 e. The molecule has 0 aromatic carbocycles. The van der Waals surface area contributed by atoms with Gasteiger partial charge in [0.15, 0.2) is 6.10 Å². The van der Waals surface area contributed by atoms with Gasteiger partial charge in [0.05, 0.1) is 6.42 Å². The summed E-state index contributed by atoms with van der Waals surface area (Å²) in [5.41, 5.74) is -0.486. The van der Waals surface area contributed by atoms with Crippen molar-refractivity contribution in [1.82, 2.24) is 0 Å². The lowest BCUT2D eigenvalue weighted by atomic mass is 10.2. The second-order valence-electron chi connectivity index (χ2n) is 3.19. The molecule has 3 rings (SSSR count). The van der Waals surface area contributed by atoms with Crippen LogP contribution in [0.25, 0.3) is 0 Å². The highest BCUT2D eigenvalue weighted by atomic mass is 16.9. The second kappa shape index (κ2) is 0.914. The van der Waals surface area contributed by atoms with E-state index in [0.29, 0.717) is 0 Å². The highest BCUT2D eigenvalue weighted by Crippen LogP contribution is 2.96. The van der Waals surface area contributed by atoms with Crippen LogP contribution in [0.5, 0.6) is 0 Å². The maximum Gasteiger partial charge on any atom is 0.545 e. The third-order valence-electron chi connectivity index (χ3n) is 2.96. The predicted octanol–water partition coefficient (Wildman–Crippen LogP) is -1.67. The summed E-state index contributed by atoms with van der Waals surface area (Å²) >= 11 is 0. The fraction of sp³-hybridized carbons (Fsp3) is 0.833. The van der Waals surface area contributed by atoms with Crippen LogP contribution >= 0.6 is 0 Å². The first-order chi connectivity index (χ1) is 4.72. The molecule has 0 spiro atoms. The van der Waals surface area contributed by atoms with Gasteiger partial charge in [-0.25, -0.2) is 0 Å². The van der Waals surface area contributed by atoms with E-state index in [1.54, 1.807) is 0 Å². The monoisotopic (exact) mass is 143 g/mol. The van der Waals surface area contributed by atoms with Crippen LogP contribution in [0.3, 0.4) is 0 Å². The number of hydrogen-bond donors (Lipinski definition) is 2. The van der Waals surface area contributed by atoms with E-state index < -0.39 is 6.61 Å². The van der Waals surface area contributed by atoms with E-state index in [-0.39, 0.29) is 23.3 Å². The Hall–Kier alpha value is -0.610. The molecule has 0 bridgehead atoms. The van der Waals surface area contributed by atoms with Gasteiger partial charge in [-0.2, -0.15) is 0 Å². The summed E-state index contributed by atoms with van der Waals surface area (Å²) in [6.45, 7) is -0.457. The number of rotatable bonds is 1. The van der Waals surface area contributed by atoms with Crippen molar-refractivity contribution in [2.24, 2.45) is 0 Å². The third-order valence-corrected chi connectivity index (χ3v) is 2.96. The lowest BCUT2D eigenvalue weighted by Gasteiger charge is -2.25. The Morgan fingerprint density at radius 2 is 2.30 bits per heavy atom. The SMILES string of the molecule is O=C(CO)[O+]1C23C[C@]12C3O. The average molecular weight is 143 g/mol. The Bertz CT molecular complexity index is 234. The standard InChI is InChI=1S/C6H7O4/c7-1-3(8)10-5-2-6(5,10)4(5)9/h4,7,9H,1-2H2/q+1/t4?,5-,6?/m1/s1. The normalized spacial score (nSPS) is 59.0. The van der Waals surface area contributed by atoms with E-state index in [2.05, 4.69) is 4.37 Å². The summed E-state index contributed by atoms with van der Waals surface area (Å²) in [5.74, 6) is -0.323. The molecule has 0 amide bonds. The third kappa shape index (κ3) is 0.205. The van der Waals surface area contributed by atoms with Crippen molar-refractivity contribution >= 4 is 5.97 Å². The van der Waals surface area contributed by atoms with Crippen LogP contribution in [-0.4, -0.2) is 40.1 Å². The summed E-state index contributed by atoms with van der Waals surface area (Å²) in [4.78, 5) is 10.7. The fourth-order valence-electron chi connectivity index (χ4n) is 2.08. The van der Waals surface area contributed by atoms with Gasteiger partial charge in [-0.3, -0.25) is 0 Å². The van der Waals surface area contributed by atoms with Gasteiger partial charge in [-0.05, 0) is 0 Å². The quantitative estimate of drug-likeness (QED) is 0.262. The van der Waals surface area contributed by atoms with Crippen LogP contribution in [-0.2, 0) is 9.16 Å². The molecule has 1 heterocycles. The molecule has 1 aliphatic heterocycles. The van der Waals surface area contributed by atoms with Crippen molar-refractivity contribution in [3.8, 4) is 0 Å². The number of aliphatic hydroxyl groups excluding tert-OH is 2. The molecule has 4 heteroatoms. The molecule has 0 radical (unpaired) electrons. The van der Waals surface area contributed by atoms with Gasteiger partial charge < -0.3 is 14.6 Å². The molecule has 2 aliphatic carbocycles. The van der Waals surface area contributed by atoms with Crippen LogP contribution < -0.4 is 0 Å². The van der Waals surface area contributed by atoms with Crippen LogP contribution in [0, 0.1) is 0 Å². The van der Waals surface area contributed by atoms with Crippen molar-refractivity contribution in [3.63, 3.8) is 0 Å². The molecule has 4 nitrogen and oxygen atoms in total. The van der Waals surface area contributed by atoms with E-state index in [9.17, 15) is 4.79 Å². The molecule has 54 valence electrons. The maximum absolute atomic E-state index is 10.7. The molecule has 0 aromatic heterocycles. The zero-order valence-corrected chi connectivity index (χ0v) is 5.20. The minimum atomic E-state index is -0.457. The van der Waals surface area contributed by atoms with Crippen LogP contribution in [0.15, 0.2) is 0 Å². The van der Waals surface area contributed by atoms with Gasteiger partial charge in [0.2, 0.25) is 17.8 Å². The van der Waals surface area contributed by atoms with Crippen molar-refractivity contribution in [2.45, 2.75) is 23.7 Å². The van der Waals surface area contributed by atoms with E-state index in [1.807, 2.05) is 0 Å². The Balaban J connectivity index is 1.80. The highest BCUT2D eigenvalue weighted by molar-refractivity contribution is 5.86. The number of hydrogen-bond acceptors (Lipinski definition) is 3. The first-order valence-electron chi connectivity index (χ1n) is 3.28. The molecule has 2 N–H and O–H groups in total. The number of aliphatic hydroxyl groups is 2. The van der Waals surface area contributed by atoms with Gasteiger partial charge in [0.1, 0.15) is 0 Å². The van der Waals surface area contributed by atoms with Crippen LogP contribution in [0.2, 0.25) is 0 Å². The lowest BCUT2D eigenvalue weighted by Crippen LogP contribution is -2.41. The van der Waals surface area contributed by atoms with E-state index in [4.69, 9.17) is 10.2 Å². The Morgan fingerprint density at radius 1 is 1.70 bits per heavy atom. The molecule has 3 fully saturated rings. The second-order valence-corrected chi connectivity index (χ2v) is 3.19.